The van der Waals surface area contributed by atoms with Crippen LogP contribution in [0.1, 0.15) is 21.7 Å². The van der Waals surface area contributed by atoms with Gasteiger partial charge >= 0.3 is 0 Å². The molecule has 120 valence electrons. The molecular weight excluding hydrogens is 302 g/mol. The number of carbonyl (C=O) groups excluding carboxylic acids is 1. The summed E-state index contributed by atoms with van der Waals surface area (Å²) in [4.78, 5) is 24.7. The molecule has 3 aromatic rings. The maximum Gasteiger partial charge on any atom is 0.257 e. The highest BCUT2D eigenvalue weighted by Crippen LogP contribution is 2.17. The Balaban J connectivity index is 1.68. The molecule has 0 atom stereocenters. The summed E-state index contributed by atoms with van der Waals surface area (Å²) in [5.74, 6) is 0.362. The average molecular weight is 319 g/mol. The van der Waals surface area contributed by atoms with E-state index < -0.39 is 0 Å². The summed E-state index contributed by atoms with van der Waals surface area (Å²) in [6.45, 7) is 3.86. The minimum absolute atomic E-state index is 0.193. The lowest BCUT2D eigenvalue weighted by Crippen LogP contribution is -2.11. The van der Waals surface area contributed by atoms with Crippen molar-refractivity contribution >= 4 is 23.2 Å². The zero-order chi connectivity index (χ0) is 16.9. The van der Waals surface area contributed by atoms with Crippen LogP contribution in [0, 0.1) is 13.8 Å². The van der Waals surface area contributed by atoms with Gasteiger partial charge in [-0.25, -0.2) is 9.97 Å². The first-order valence-electron chi connectivity index (χ1n) is 7.51. The first kappa shape index (κ1) is 15.6. The fourth-order valence-corrected chi connectivity index (χ4v) is 2.25. The fourth-order valence-electron chi connectivity index (χ4n) is 2.25. The van der Waals surface area contributed by atoms with Crippen molar-refractivity contribution in [3.05, 3.63) is 71.8 Å². The topological polar surface area (TPSA) is 79.8 Å². The number of benzene rings is 1. The molecule has 0 aliphatic heterocycles. The van der Waals surface area contributed by atoms with Gasteiger partial charge in [-0.05, 0) is 56.3 Å². The lowest BCUT2D eigenvalue weighted by atomic mass is 10.2. The lowest BCUT2D eigenvalue weighted by Gasteiger charge is -2.08. The van der Waals surface area contributed by atoms with E-state index >= 15 is 0 Å². The molecule has 1 aromatic carbocycles. The molecule has 2 heterocycles. The molecule has 0 saturated carbocycles. The van der Waals surface area contributed by atoms with Crippen LogP contribution in [0.25, 0.3) is 0 Å². The van der Waals surface area contributed by atoms with Gasteiger partial charge < -0.3 is 10.6 Å². The number of hydrogen-bond acceptors (Lipinski definition) is 5. The minimum Gasteiger partial charge on any atom is -0.324 e. The van der Waals surface area contributed by atoms with Crippen molar-refractivity contribution in [3.63, 3.8) is 0 Å². The Morgan fingerprint density at radius 3 is 2.25 bits per heavy atom. The molecule has 0 radical (unpaired) electrons. The second-order valence-electron chi connectivity index (χ2n) is 5.37. The molecule has 2 aromatic heterocycles. The Morgan fingerprint density at radius 1 is 0.958 bits per heavy atom. The molecule has 1 amide bonds. The van der Waals surface area contributed by atoms with Crippen LogP contribution in [-0.4, -0.2) is 20.9 Å². The maximum atomic E-state index is 12.1. The van der Waals surface area contributed by atoms with Crippen LogP contribution in [0.4, 0.5) is 17.3 Å². The minimum atomic E-state index is -0.193. The summed E-state index contributed by atoms with van der Waals surface area (Å²) in [5, 5.41) is 5.98. The Kier molecular flexibility index (Phi) is 4.47. The van der Waals surface area contributed by atoms with E-state index in [1.54, 1.807) is 18.3 Å². The van der Waals surface area contributed by atoms with Crippen molar-refractivity contribution in [2.45, 2.75) is 13.8 Å². The van der Waals surface area contributed by atoms with Crippen LogP contribution >= 0.6 is 0 Å². The Morgan fingerprint density at radius 2 is 1.62 bits per heavy atom. The molecule has 24 heavy (non-hydrogen) atoms. The number of aryl methyl sites for hydroxylation is 2. The van der Waals surface area contributed by atoms with Gasteiger partial charge in [0.2, 0.25) is 5.95 Å². The smallest absolute Gasteiger partial charge is 0.257 e. The molecule has 0 aliphatic carbocycles. The molecule has 0 saturated heterocycles. The van der Waals surface area contributed by atoms with Gasteiger partial charge in [0.05, 0.1) is 5.56 Å². The van der Waals surface area contributed by atoms with Crippen LogP contribution in [0.15, 0.2) is 54.9 Å². The van der Waals surface area contributed by atoms with Crippen molar-refractivity contribution in [3.8, 4) is 0 Å². The summed E-state index contributed by atoms with van der Waals surface area (Å²) in [6.07, 6.45) is 3.16. The second-order valence-corrected chi connectivity index (χ2v) is 5.37. The van der Waals surface area contributed by atoms with Gasteiger partial charge in [-0.2, -0.15) is 0 Å². The van der Waals surface area contributed by atoms with Crippen LogP contribution in [0.2, 0.25) is 0 Å². The molecule has 0 spiro atoms. The number of nitrogens with zero attached hydrogens (tertiary/aromatic N) is 3. The Labute approximate surface area is 140 Å². The summed E-state index contributed by atoms with van der Waals surface area (Å²) in [5.41, 5.74) is 3.88. The third-order valence-electron chi connectivity index (χ3n) is 3.30. The number of anilines is 3. The number of aromatic nitrogens is 3. The predicted octanol–water partition coefficient (Wildman–Crippen LogP) is 3.48. The van der Waals surface area contributed by atoms with Gasteiger partial charge in [0.25, 0.3) is 5.91 Å². The van der Waals surface area contributed by atoms with E-state index in [0.717, 1.165) is 17.1 Å². The van der Waals surface area contributed by atoms with E-state index in [1.807, 2.05) is 44.2 Å². The maximum absolute atomic E-state index is 12.1. The standard InChI is InChI=1S/C18H17N5O/c1-12-10-13(2)21-18(20-12)23-16-7-5-15(6-8-16)22-17(24)14-4-3-9-19-11-14/h3-11H,1-2H3,(H,22,24)(H,20,21,23). The molecular formula is C18H17N5O. The third-order valence-corrected chi connectivity index (χ3v) is 3.30. The van der Waals surface area contributed by atoms with Crippen molar-refractivity contribution in [1.82, 2.24) is 15.0 Å². The molecule has 0 fully saturated rings. The summed E-state index contributed by atoms with van der Waals surface area (Å²) in [7, 11) is 0. The number of carbonyl (C=O) groups is 1. The number of nitrogens with one attached hydrogen (secondary N) is 2. The molecule has 3 rings (SSSR count). The third kappa shape index (κ3) is 3.92. The molecule has 0 unspecified atom stereocenters. The van der Waals surface area contributed by atoms with Gasteiger partial charge in [-0.3, -0.25) is 9.78 Å². The predicted molar refractivity (Wildman–Crippen MR) is 93.4 cm³/mol. The number of amides is 1. The SMILES string of the molecule is Cc1cc(C)nc(Nc2ccc(NC(=O)c3cccnc3)cc2)n1. The molecule has 0 aliphatic rings. The summed E-state index contributed by atoms with van der Waals surface area (Å²) >= 11 is 0. The Bertz CT molecular complexity index is 827. The molecule has 0 bridgehead atoms. The molecule has 6 nitrogen and oxygen atoms in total. The summed E-state index contributed by atoms with van der Waals surface area (Å²) in [6, 6.07) is 12.7. The van der Waals surface area contributed by atoms with E-state index in [0.29, 0.717) is 17.2 Å². The van der Waals surface area contributed by atoms with Gasteiger partial charge in [-0.15, -0.1) is 0 Å². The largest absolute Gasteiger partial charge is 0.324 e. The van der Waals surface area contributed by atoms with Gasteiger partial charge in [-0.1, -0.05) is 0 Å². The van der Waals surface area contributed by atoms with Gasteiger partial charge in [0.1, 0.15) is 0 Å². The van der Waals surface area contributed by atoms with E-state index in [4.69, 9.17) is 0 Å². The van der Waals surface area contributed by atoms with E-state index in [9.17, 15) is 4.79 Å². The molecule has 6 heteroatoms. The van der Waals surface area contributed by atoms with Crippen molar-refractivity contribution in [2.75, 3.05) is 10.6 Å². The van der Waals surface area contributed by atoms with Crippen molar-refractivity contribution < 1.29 is 4.79 Å². The number of hydrogen-bond donors (Lipinski definition) is 2. The number of pyridine rings is 1. The first-order chi connectivity index (χ1) is 11.6. The highest BCUT2D eigenvalue weighted by Gasteiger charge is 2.06. The Hall–Kier alpha value is -3.28. The van der Waals surface area contributed by atoms with E-state index in [2.05, 4.69) is 25.6 Å². The van der Waals surface area contributed by atoms with Crippen molar-refractivity contribution in [1.29, 1.82) is 0 Å². The fraction of sp³-hybridized carbons (Fsp3) is 0.111. The monoisotopic (exact) mass is 319 g/mol. The normalized spacial score (nSPS) is 10.2. The van der Waals surface area contributed by atoms with Crippen LogP contribution in [0.5, 0.6) is 0 Å². The second kappa shape index (κ2) is 6.87. The average Bonchev–Trinajstić information content (AvgIpc) is 2.56. The zero-order valence-electron chi connectivity index (χ0n) is 13.4. The van der Waals surface area contributed by atoms with E-state index in [1.165, 1.54) is 6.20 Å². The van der Waals surface area contributed by atoms with E-state index in [-0.39, 0.29) is 5.91 Å². The van der Waals surface area contributed by atoms with Gasteiger partial charge in [0.15, 0.2) is 0 Å². The zero-order valence-corrected chi connectivity index (χ0v) is 13.4. The lowest BCUT2D eigenvalue weighted by molar-refractivity contribution is 0.102. The quantitative estimate of drug-likeness (QED) is 0.769. The highest BCUT2D eigenvalue weighted by molar-refractivity contribution is 6.04. The molecule has 2 N–H and O–H groups in total. The van der Waals surface area contributed by atoms with Crippen LogP contribution in [0.3, 0.4) is 0 Å². The van der Waals surface area contributed by atoms with Gasteiger partial charge in [0, 0.05) is 35.2 Å². The van der Waals surface area contributed by atoms with Crippen LogP contribution < -0.4 is 10.6 Å². The number of rotatable bonds is 4. The van der Waals surface area contributed by atoms with Crippen LogP contribution in [-0.2, 0) is 0 Å². The van der Waals surface area contributed by atoms with Crippen molar-refractivity contribution in [2.24, 2.45) is 0 Å². The highest BCUT2D eigenvalue weighted by atomic mass is 16.1. The summed E-state index contributed by atoms with van der Waals surface area (Å²) < 4.78 is 0. The first-order valence-corrected chi connectivity index (χ1v) is 7.51.